The quantitative estimate of drug-likeness (QED) is 0.580. The number of nitrogens with zero attached hydrogens (tertiary/aromatic N) is 3. The van der Waals surface area contributed by atoms with Gasteiger partial charge in [-0.05, 0) is 42.0 Å². The van der Waals surface area contributed by atoms with Gasteiger partial charge in [0, 0.05) is 0 Å². The molecule has 0 aliphatic carbocycles. The van der Waals surface area contributed by atoms with Crippen LogP contribution in [0.4, 0.5) is 0 Å². The Morgan fingerprint density at radius 2 is 2.04 bits per heavy atom. The number of ether oxygens (including phenoxy) is 1. The van der Waals surface area contributed by atoms with Gasteiger partial charge in [-0.2, -0.15) is 5.10 Å². The second kappa shape index (κ2) is 6.74. The zero-order valence-corrected chi connectivity index (χ0v) is 12.6. The number of carbonyl (C=O) groups excluding carboxylic acids is 1. The minimum Gasteiger partial charge on any atom is -0.497 e. The van der Waals surface area contributed by atoms with Crippen LogP contribution in [0.3, 0.4) is 0 Å². The predicted molar refractivity (Wildman–Crippen MR) is 88.5 cm³/mol. The van der Waals surface area contributed by atoms with Crippen LogP contribution in [0.1, 0.15) is 5.56 Å². The summed E-state index contributed by atoms with van der Waals surface area (Å²) in [7, 11) is 1.61. The molecule has 0 saturated heterocycles. The first-order valence-corrected chi connectivity index (χ1v) is 7.12. The zero-order valence-electron chi connectivity index (χ0n) is 12.6. The van der Waals surface area contributed by atoms with Crippen LogP contribution in [0.15, 0.2) is 60.0 Å². The van der Waals surface area contributed by atoms with Gasteiger partial charge >= 0.3 is 0 Å². The first-order chi connectivity index (χ1) is 11.3. The van der Waals surface area contributed by atoms with E-state index >= 15 is 0 Å². The number of hydrogen-bond acceptors (Lipinski definition) is 4. The highest BCUT2D eigenvalue weighted by Gasteiger charge is 2.05. The van der Waals surface area contributed by atoms with Crippen molar-refractivity contribution in [3.8, 4) is 5.75 Å². The van der Waals surface area contributed by atoms with E-state index in [-0.39, 0.29) is 12.5 Å². The Bertz CT molecular complexity index is 837. The number of rotatable bonds is 5. The molecule has 0 bridgehead atoms. The summed E-state index contributed by atoms with van der Waals surface area (Å²) in [5.41, 5.74) is 5.17. The van der Waals surface area contributed by atoms with Crippen LogP contribution in [-0.4, -0.2) is 28.8 Å². The fraction of sp³-hybridized carbons (Fsp3) is 0.118. The van der Waals surface area contributed by atoms with E-state index in [2.05, 4.69) is 15.5 Å². The SMILES string of the molecule is COc1ccc(C=NNC(=O)Cn2cnc3ccccc32)cc1. The number of fused-ring (bicyclic) bond motifs is 1. The first kappa shape index (κ1) is 14.8. The summed E-state index contributed by atoms with van der Waals surface area (Å²) < 4.78 is 6.87. The van der Waals surface area contributed by atoms with Crippen LogP contribution in [0.5, 0.6) is 5.75 Å². The molecular weight excluding hydrogens is 292 g/mol. The van der Waals surface area contributed by atoms with Gasteiger partial charge in [0.1, 0.15) is 12.3 Å². The average Bonchev–Trinajstić information content (AvgIpc) is 2.99. The van der Waals surface area contributed by atoms with E-state index in [0.717, 1.165) is 22.3 Å². The Morgan fingerprint density at radius 1 is 1.26 bits per heavy atom. The van der Waals surface area contributed by atoms with Crippen molar-refractivity contribution in [2.75, 3.05) is 7.11 Å². The van der Waals surface area contributed by atoms with Crippen molar-refractivity contribution in [2.45, 2.75) is 6.54 Å². The van der Waals surface area contributed by atoms with Crippen molar-refractivity contribution in [2.24, 2.45) is 5.10 Å². The summed E-state index contributed by atoms with van der Waals surface area (Å²) >= 11 is 0. The molecule has 3 aromatic rings. The number of carbonyl (C=O) groups is 1. The van der Waals surface area contributed by atoms with E-state index in [1.54, 1.807) is 24.2 Å². The summed E-state index contributed by atoms with van der Waals surface area (Å²) in [6.07, 6.45) is 3.24. The molecule has 0 aliphatic heterocycles. The molecule has 0 spiro atoms. The highest BCUT2D eigenvalue weighted by Crippen LogP contribution is 2.11. The van der Waals surface area contributed by atoms with Gasteiger partial charge in [0.05, 0.1) is 30.7 Å². The predicted octanol–water partition coefficient (Wildman–Crippen LogP) is 2.20. The van der Waals surface area contributed by atoms with Crippen LogP contribution in [-0.2, 0) is 11.3 Å². The Balaban J connectivity index is 1.59. The van der Waals surface area contributed by atoms with Gasteiger partial charge in [-0.1, -0.05) is 12.1 Å². The number of para-hydroxylation sites is 2. The van der Waals surface area contributed by atoms with E-state index < -0.39 is 0 Å². The normalized spacial score (nSPS) is 11.0. The molecular formula is C17H16N4O2. The van der Waals surface area contributed by atoms with Gasteiger partial charge in [-0.15, -0.1) is 0 Å². The van der Waals surface area contributed by atoms with Gasteiger partial charge < -0.3 is 9.30 Å². The van der Waals surface area contributed by atoms with Crippen molar-refractivity contribution in [3.63, 3.8) is 0 Å². The van der Waals surface area contributed by atoms with E-state index in [0.29, 0.717) is 0 Å². The molecule has 2 aromatic carbocycles. The van der Waals surface area contributed by atoms with E-state index in [4.69, 9.17) is 4.74 Å². The Kier molecular flexibility index (Phi) is 4.33. The number of aromatic nitrogens is 2. The molecule has 1 amide bonds. The molecule has 0 aliphatic rings. The lowest BCUT2D eigenvalue weighted by molar-refractivity contribution is -0.121. The molecule has 0 atom stereocenters. The summed E-state index contributed by atoms with van der Waals surface area (Å²) in [4.78, 5) is 16.2. The van der Waals surface area contributed by atoms with Gasteiger partial charge in [0.25, 0.3) is 5.91 Å². The molecule has 0 unspecified atom stereocenters. The molecule has 0 saturated carbocycles. The highest BCUT2D eigenvalue weighted by atomic mass is 16.5. The molecule has 6 nitrogen and oxygen atoms in total. The Hall–Kier alpha value is -3.15. The largest absolute Gasteiger partial charge is 0.497 e. The van der Waals surface area contributed by atoms with Crippen molar-refractivity contribution >= 4 is 23.2 Å². The van der Waals surface area contributed by atoms with Gasteiger partial charge in [0.15, 0.2) is 0 Å². The van der Waals surface area contributed by atoms with Crippen molar-refractivity contribution < 1.29 is 9.53 Å². The lowest BCUT2D eigenvalue weighted by Crippen LogP contribution is -2.22. The van der Waals surface area contributed by atoms with Crippen molar-refractivity contribution in [3.05, 3.63) is 60.4 Å². The number of hydrazone groups is 1. The van der Waals surface area contributed by atoms with Crippen LogP contribution >= 0.6 is 0 Å². The third kappa shape index (κ3) is 3.55. The van der Waals surface area contributed by atoms with E-state index in [1.807, 2.05) is 48.5 Å². The lowest BCUT2D eigenvalue weighted by Gasteiger charge is -2.03. The monoisotopic (exact) mass is 308 g/mol. The van der Waals surface area contributed by atoms with Gasteiger partial charge in [0.2, 0.25) is 0 Å². The molecule has 23 heavy (non-hydrogen) atoms. The summed E-state index contributed by atoms with van der Waals surface area (Å²) in [6.45, 7) is 0.167. The van der Waals surface area contributed by atoms with E-state index in [1.165, 1.54) is 0 Å². The van der Waals surface area contributed by atoms with Crippen molar-refractivity contribution in [1.29, 1.82) is 0 Å². The molecule has 1 N–H and O–H groups in total. The minimum atomic E-state index is -0.210. The zero-order chi connectivity index (χ0) is 16.1. The first-order valence-electron chi connectivity index (χ1n) is 7.12. The number of methoxy groups -OCH3 is 1. The fourth-order valence-electron chi connectivity index (χ4n) is 2.20. The maximum atomic E-state index is 12.0. The molecule has 1 heterocycles. The molecule has 0 fully saturated rings. The molecule has 0 radical (unpaired) electrons. The van der Waals surface area contributed by atoms with Crippen LogP contribution in [0.25, 0.3) is 11.0 Å². The van der Waals surface area contributed by atoms with Crippen LogP contribution < -0.4 is 10.2 Å². The van der Waals surface area contributed by atoms with Crippen molar-refractivity contribution in [1.82, 2.24) is 15.0 Å². The lowest BCUT2D eigenvalue weighted by atomic mass is 10.2. The van der Waals surface area contributed by atoms with Crippen LogP contribution in [0.2, 0.25) is 0 Å². The average molecular weight is 308 g/mol. The summed E-state index contributed by atoms with van der Waals surface area (Å²) in [5.74, 6) is 0.566. The molecule has 6 heteroatoms. The second-order valence-electron chi connectivity index (χ2n) is 4.93. The third-order valence-corrected chi connectivity index (χ3v) is 3.36. The molecule has 3 rings (SSSR count). The maximum Gasteiger partial charge on any atom is 0.260 e. The van der Waals surface area contributed by atoms with Gasteiger partial charge in [-0.25, -0.2) is 10.4 Å². The number of benzene rings is 2. The van der Waals surface area contributed by atoms with Gasteiger partial charge in [-0.3, -0.25) is 4.79 Å². The topological polar surface area (TPSA) is 68.5 Å². The molecule has 1 aromatic heterocycles. The number of imidazole rings is 1. The summed E-state index contributed by atoms with van der Waals surface area (Å²) in [6, 6.07) is 15.1. The number of nitrogens with one attached hydrogen (secondary N) is 1. The smallest absolute Gasteiger partial charge is 0.260 e. The second-order valence-corrected chi connectivity index (χ2v) is 4.93. The number of hydrogen-bond donors (Lipinski definition) is 1. The Morgan fingerprint density at radius 3 is 2.83 bits per heavy atom. The highest BCUT2D eigenvalue weighted by molar-refractivity contribution is 5.83. The Labute approximate surface area is 133 Å². The standard InChI is InChI=1S/C17H16N4O2/c1-23-14-8-6-13(7-9-14)10-19-20-17(22)11-21-12-18-15-4-2-3-5-16(15)21/h2-10,12H,11H2,1H3,(H,20,22). The van der Waals surface area contributed by atoms with E-state index in [9.17, 15) is 4.79 Å². The minimum absolute atomic E-state index is 0.167. The number of amides is 1. The third-order valence-electron chi connectivity index (χ3n) is 3.36. The maximum absolute atomic E-state index is 12.0. The fourth-order valence-corrected chi connectivity index (χ4v) is 2.20. The van der Waals surface area contributed by atoms with Crippen LogP contribution in [0, 0.1) is 0 Å². The molecule has 116 valence electrons. The summed E-state index contributed by atoms with van der Waals surface area (Å²) in [5, 5.41) is 3.96.